The predicted molar refractivity (Wildman–Crippen MR) is 66.1 cm³/mol. The van der Waals surface area contributed by atoms with Crippen molar-refractivity contribution in [3.63, 3.8) is 0 Å². The standard InChI is InChI=1S/C13H12ClNO2/c1-9-5-6-12(17-9)13(16)15-8-10-3-2-4-11(14)7-10/h2-7H,8H2,1H3,(H,15,16). The summed E-state index contributed by atoms with van der Waals surface area (Å²) in [7, 11) is 0. The second-order valence-corrected chi connectivity index (χ2v) is 4.16. The summed E-state index contributed by atoms with van der Waals surface area (Å²) >= 11 is 5.85. The molecule has 1 heterocycles. The van der Waals surface area contributed by atoms with E-state index < -0.39 is 0 Å². The summed E-state index contributed by atoms with van der Waals surface area (Å²) in [5, 5.41) is 3.42. The van der Waals surface area contributed by atoms with Gasteiger partial charge in [-0.1, -0.05) is 23.7 Å². The minimum Gasteiger partial charge on any atom is -0.456 e. The lowest BCUT2D eigenvalue weighted by molar-refractivity contribution is 0.0922. The first kappa shape index (κ1) is 11.7. The van der Waals surface area contributed by atoms with Gasteiger partial charge in [0, 0.05) is 11.6 Å². The number of hydrogen-bond donors (Lipinski definition) is 1. The third kappa shape index (κ3) is 3.11. The van der Waals surface area contributed by atoms with E-state index in [1.807, 2.05) is 18.2 Å². The first-order chi connectivity index (χ1) is 8.15. The Labute approximate surface area is 104 Å². The van der Waals surface area contributed by atoms with E-state index in [0.29, 0.717) is 17.3 Å². The highest BCUT2D eigenvalue weighted by atomic mass is 35.5. The number of halogens is 1. The summed E-state index contributed by atoms with van der Waals surface area (Å²) in [6.45, 7) is 2.23. The molecule has 17 heavy (non-hydrogen) atoms. The molecule has 0 aliphatic heterocycles. The molecule has 0 unspecified atom stereocenters. The first-order valence-electron chi connectivity index (χ1n) is 5.24. The summed E-state index contributed by atoms with van der Waals surface area (Å²) in [5.41, 5.74) is 0.953. The molecule has 0 saturated heterocycles. The molecule has 88 valence electrons. The number of carbonyl (C=O) groups is 1. The van der Waals surface area contributed by atoms with Gasteiger partial charge in [-0.25, -0.2) is 0 Å². The molecule has 0 saturated carbocycles. The van der Waals surface area contributed by atoms with Crippen molar-refractivity contribution in [3.05, 3.63) is 58.5 Å². The van der Waals surface area contributed by atoms with Crippen LogP contribution in [0.1, 0.15) is 21.9 Å². The van der Waals surface area contributed by atoms with Crippen LogP contribution in [0.4, 0.5) is 0 Å². The zero-order valence-electron chi connectivity index (χ0n) is 9.37. The van der Waals surface area contributed by atoms with E-state index in [-0.39, 0.29) is 5.91 Å². The Hall–Kier alpha value is -1.74. The molecular weight excluding hydrogens is 238 g/mol. The highest BCUT2D eigenvalue weighted by molar-refractivity contribution is 6.30. The molecular formula is C13H12ClNO2. The van der Waals surface area contributed by atoms with E-state index >= 15 is 0 Å². The van der Waals surface area contributed by atoms with E-state index in [2.05, 4.69) is 5.32 Å². The Balaban J connectivity index is 1.97. The Morgan fingerprint density at radius 1 is 1.35 bits per heavy atom. The van der Waals surface area contributed by atoms with Crippen molar-refractivity contribution in [3.8, 4) is 0 Å². The van der Waals surface area contributed by atoms with Crippen LogP contribution in [0, 0.1) is 6.92 Å². The van der Waals surface area contributed by atoms with Gasteiger partial charge in [0.1, 0.15) is 5.76 Å². The molecule has 3 nitrogen and oxygen atoms in total. The Kier molecular flexibility index (Phi) is 3.49. The highest BCUT2D eigenvalue weighted by Gasteiger charge is 2.08. The van der Waals surface area contributed by atoms with Gasteiger partial charge in [-0.2, -0.15) is 0 Å². The molecule has 4 heteroatoms. The van der Waals surface area contributed by atoms with Gasteiger partial charge in [0.2, 0.25) is 0 Å². The summed E-state index contributed by atoms with van der Waals surface area (Å²) in [6.07, 6.45) is 0. The zero-order chi connectivity index (χ0) is 12.3. The van der Waals surface area contributed by atoms with Crippen LogP contribution in [0.3, 0.4) is 0 Å². The molecule has 1 N–H and O–H groups in total. The van der Waals surface area contributed by atoms with Gasteiger partial charge in [0.15, 0.2) is 5.76 Å². The Morgan fingerprint density at radius 2 is 2.18 bits per heavy atom. The lowest BCUT2D eigenvalue weighted by Crippen LogP contribution is -2.22. The largest absolute Gasteiger partial charge is 0.456 e. The van der Waals surface area contributed by atoms with Crippen LogP contribution >= 0.6 is 11.6 Å². The Morgan fingerprint density at radius 3 is 2.82 bits per heavy atom. The SMILES string of the molecule is Cc1ccc(C(=O)NCc2cccc(Cl)c2)o1. The van der Waals surface area contributed by atoms with Crippen LogP contribution < -0.4 is 5.32 Å². The quantitative estimate of drug-likeness (QED) is 0.908. The van der Waals surface area contributed by atoms with Crippen LogP contribution in [0.25, 0.3) is 0 Å². The second-order valence-electron chi connectivity index (χ2n) is 3.72. The highest BCUT2D eigenvalue weighted by Crippen LogP contribution is 2.11. The van der Waals surface area contributed by atoms with Crippen LogP contribution in [0.5, 0.6) is 0 Å². The van der Waals surface area contributed by atoms with Crippen molar-refractivity contribution in [2.24, 2.45) is 0 Å². The zero-order valence-corrected chi connectivity index (χ0v) is 10.1. The fourth-order valence-electron chi connectivity index (χ4n) is 1.47. The number of amides is 1. The second kappa shape index (κ2) is 5.06. The summed E-state index contributed by atoms with van der Waals surface area (Å²) < 4.78 is 5.22. The monoisotopic (exact) mass is 249 g/mol. The van der Waals surface area contributed by atoms with Crippen LogP contribution in [0.2, 0.25) is 5.02 Å². The average molecular weight is 250 g/mol. The molecule has 0 atom stereocenters. The first-order valence-corrected chi connectivity index (χ1v) is 5.62. The third-order valence-corrected chi connectivity index (χ3v) is 2.54. The van der Waals surface area contributed by atoms with Gasteiger partial charge >= 0.3 is 0 Å². The number of aryl methyl sites for hydroxylation is 1. The molecule has 1 amide bonds. The maximum absolute atomic E-state index is 11.7. The van der Waals surface area contributed by atoms with Crippen molar-refractivity contribution < 1.29 is 9.21 Å². The maximum atomic E-state index is 11.7. The van der Waals surface area contributed by atoms with Crippen LogP contribution in [-0.2, 0) is 6.54 Å². The molecule has 0 fully saturated rings. The van der Waals surface area contributed by atoms with Crippen molar-refractivity contribution in [1.29, 1.82) is 0 Å². The van der Waals surface area contributed by atoms with E-state index in [0.717, 1.165) is 11.3 Å². The summed E-state index contributed by atoms with van der Waals surface area (Å²) in [4.78, 5) is 11.7. The summed E-state index contributed by atoms with van der Waals surface area (Å²) in [6, 6.07) is 10.8. The van der Waals surface area contributed by atoms with Gasteiger partial charge in [-0.3, -0.25) is 4.79 Å². The molecule has 2 rings (SSSR count). The molecule has 0 spiro atoms. The number of carbonyl (C=O) groups excluding carboxylic acids is 1. The number of nitrogens with one attached hydrogen (secondary N) is 1. The molecule has 1 aromatic heterocycles. The molecule has 0 aliphatic carbocycles. The van der Waals surface area contributed by atoms with E-state index in [4.69, 9.17) is 16.0 Å². The number of rotatable bonds is 3. The van der Waals surface area contributed by atoms with Gasteiger partial charge < -0.3 is 9.73 Å². The number of hydrogen-bond acceptors (Lipinski definition) is 2. The van der Waals surface area contributed by atoms with Crippen LogP contribution in [0.15, 0.2) is 40.8 Å². The van der Waals surface area contributed by atoms with Crippen LogP contribution in [-0.4, -0.2) is 5.91 Å². The van der Waals surface area contributed by atoms with Crippen molar-refractivity contribution in [1.82, 2.24) is 5.32 Å². The molecule has 0 aliphatic rings. The smallest absolute Gasteiger partial charge is 0.287 e. The summed E-state index contributed by atoms with van der Waals surface area (Å²) in [5.74, 6) is 0.820. The fraction of sp³-hybridized carbons (Fsp3) is 0.154. The number of furan rings is 1. The maximum Gasteiger partial charge on any atom is 0.287 e. The van der Waals surface area contributed by atoms with Crippen molar-refractivity contribution >= 4 is 17.5 Å². The minimum atomic E-state index is -0.224. The predicted octanol–water partition coefficient (Wildman–Crippen LogP) is 3.17. The minimum absolute atomic E-state index is 0.224. The topological polar surface area (TPSA) is 42.2 Å². The molecule has 0 bridgehead atoms. The fourth-order valence-corrected chi connectivity index (χ4v) is 1.69. The lowest BCUT2D eigenvalue weighted by atomic mass is 10.2. The normalized spacial score (nSPS) is 10.2. The van der Waals surface area contributed by atoms with Crippen molar-refractivity contribution in [2.75, 3.05) is 0 Å². The lowest BCUT2D eigenvalue weighted by Gasteiger charge is -2.03. The molecule has 0 radical (unpaired) electrons. The van der Waals surface area contributed by atoms with Gasteiger partial charge in [-0.05, 0) is 36.8 Å². The molecule has 2 aromatic rings. The van der Waals surface area contributed by atoms with Gasteiger partial charge in [-0.15, -0.1) is 0 Å². The number of benzene rings is 1. The van der Waals surface area contributed by atoms with E-state index in [1.54, 1.807) is 25.1 Å². The average Bonchev–Trinajstić information content (AvgIpc) is 2.73. The van der Waals surface area contributed by atoms with Crippen molar-refractivity contribution in [2.45, 2.75) is 13.5 Å². The Bertz CT molecular complexity index is 534. The van der Waals surface area contributed by atoms with Gasteiger partial charge in [0.05, 0.1) is 0 Å². The van der Waals surface area contributed by atoms with E-state index in [1.165, 1.54) is 0 Å². The third-order valence-electron chi connectivity index (χ3n) is 2.31. The molecule has 1 aromatic carbocycles. The van der Waals surface area contributed by atoms with Gasteiger partial charge in [0.25, 0.3) is 5.91 Å². The van der Waals surface area contributed by atoms with E-state index in [9.17, 15) is 4.79 Å².